The Labute approximate surface area is 88.5 Å². The van der Waals surface area contributed by atoms with Gasteiger partial charge in [0.25, 0.3) is 0 Å². The molecule has 1 fully saturated rings. The lowest BCUT2D eigenvalue weighted by atomic mass is 9.89. The fourth-order valence-electron chi connectivity index (χ4n) is 2.02. The second-order valence-electron chi connectivity index (χ2n) is 4.09. The van der Waals surface area contributed by atoms with Gasteiger partial charge in [-0.3, -0.25) is 4.79 Å². The number of carbonyl (C=O) groups is 1. The van der Waals surface area contributed by atoms with Crippen molar-refractivity contribution in [2.75, 3.05) is 13.1 Å². The highest BCUT2D eigenvalue weighted by Gasteiger charge is 2.31. The van der Waals surface area contributed by atoms with Crippen LogP contribution in [0.4, 0.5) is 4.39 Å². The first-order valence-corrected chi connectivity index (χ1v) is 5.19. The molecule has 1 aliphatic rings. The predicted octanol–water partition coefficient (Wildman–Crippen LogP) is 1.86. The molecule has 2 atom stereocenters. The molecule has 0 aromatic heterocycles. The van der Waals surface area contributed by atoms with Crippen LogP contribution in [0.5, 0.6) is 0 Å². The number of halogens is 1. The topological polar surface area (TPSA) is 29.1 Å². The van der Waals surface area contributed by atoms with Gasteiger partial charge in [-0.25, -0.2) is 4.39 Å². The van der Waals surface area contributed by atoms with Crippen molar-refractivity contribution in [1.82, 2.24) is 5.32 Å². The second-order valence-corrected chi connectivity index (χ2v) is 4.09. The molecule has 3 heteroatoms. The molecule has 1 aliphatic heterocycles. The molecule has 0 aliphatic carbocycles. The molecule has 1 heterocycles. The Balaban J connectivity index is 2.24. The van der Waals surface area contributed by atoms with Crippen LogP contribution < -0.4 is 5.32 Å². The molecule has 2 rings (SSSR count). The molecule has 0 bridgehead atoms. The number of ketones is 1. The smallest absolute Gasteiger partial charge is 0.170 e. The van der Waals surface area contributed by atoms with Crippen LogP contribution in [0.3, 0.4) is 0 Å². The molecular formula is C12H14FNO. The van der Waals surface area contributed by atoms with Crippen LogP contribution in [0, 0.1) is 17.7 Å². The molecule has 0 amide bonds. The van der Waals surface area contributed by atoms with E-state index >= 15 is 0 Å². The highest BCUT2D eigenvalue weighted by atomic mass is 19.1. The van der Waals surface area contributed by atoms with E-state index in [1.807, 2.05) is 6.92 Å². The van der Waals surface area contributed by atoms with Crippen LogP contribution in [0.2, 0.25) is 0 Å². The number of Topliss-reactive ketones (excluding diaryl/α,β-unsaturated/α-hetero) is 1. The molecule has 2 nitrogen and oxygen atoms in total. The number of nitrogens with one attached hydrogen (secondary N) is 1. The standard InChI is InChI=1S/C12H14FNO/c1-8-6-14-7-10(8)12(15)9-4-2-3-5-11(9)13/h2-5,8,10,14H,6-7H2,1H3. The summed E-state index contributed by atoms with van der Waals surface area (Å²) in [5.41, 5.74) is 0.220. The van der Waals surface area contributed by atoms with Crippen molar-refractivity contribution in [3.05, 3.63) is 35.6 Å². The van der Waals surface area contributed by atoms with Gasteiger partial charge in [0.1, 0.15) is 5.82 Å². The van der Waals surface area contributed by atoms with Gasteiger partial charge in [-0.2, -0.15) is 0 Å². The first-order valence-electron chi connectivity index (χ1n) is 5.19. The third kappa shape index (κ3) is 1.92. The molecule has 0 radical (unpaired) electrons. The summed E-state index contributed by atoms with van der Waals surface area (Å²) in [6.07, 6.45) is 0. The Morgan fingerprint density at radius 2 is 2.13 bits per heavy atom. The quantitative estimate of drug-likeness (QED) is 0.750. The average molecular weight is 207 g/mol. The van der Waals surface area contributed by atoms with Gasteiger partial charge < -0.3 is 5.32 Å². The van der Waals surface area contributed by atoms with Crippen LogP contribution in [0.25, 0.3) is 0 Å². The summed E-state index contributed by atoms with van der Waals surface area (Å²) in [6.45, 7) is 3.52. The number of hydrogen-bond donors (Lipinski definition) is 1. The summed E-state index contributed by atoms with van der Waals surface area (Å²) in [4.78, 5) is 12.0. The van der Waals surface area contributed by atoms with E-state index in [4.69, 9.17) is 0 Å². The predicted molar refractivity (Wildman–Crippen MR) is 56.3 cm³/mol. The largest absolute Gasteiger partial charge is 0.316 e. The SMILES string of the molecule is CC1CNCC1C(=O)c1ccccc1F. The van der Waals surface area contributed by atoms with Gasteiger partial charge in [0.05, 0.1) is 5.56 Å². The fraction of sp³-hybridized carbons (Fsp3) is 0.417. The molecule has 1 N–H and O–H groups in total. The van der Waals surface area contributed by atoms with Crippen LogP contribution in [-0.4, -0.2) is 18.9 Å². The minimum Gasteiger partial charge on any atom is -0.316 e. The highest BCUT2D eigenvalue weighted by Crippen LogP contribution is 2.22. The molecule has 15 heavy (non-hydrogen) atoms. The van der Waals surface area contributed by atoms with E-state index < -0.39 is 5.82 Å². The monoisotopic (exact) mass is 207 g/mol. The molecule has 1 saturated heterocycles. The first kappa shape index (κ1) is 10.3. The van der Waals surface area contributed by atoms with Crippen LogP contribution in [0.1, 0.15) is 17.3 Å². The maximum Gasteiger partial charge on any atom is 0.170 e. The van der Waals surface area contributed by atoms with Crippen molar-refractivity contribution in [2.24, 2.45) is 11.8 Å². The summed E-state index contributed by atoms with van der Waals surface area (Å²) < 4.78 is 13.4. The van der Waals surface area contributed by atoms with Gasteiger partial charge in [0.15, 0.2) is 5.78 Å². The molecule has 80 valence electrons. The van der Waals surface area contributed by atoms with E-state index in [9.17, 15) is 9.18 Å². The average Bonchev–Trinajstić information content (AvgIpc) is 2.64. The Morgan fingerprint density at radius 1 is 1.40 bits per heavy atom. The molecule has 2 unspecified atom stereocenters. The summed E-state index contributed by atoms with van der Waals surface area (Å²) in [7, 11) is 0. The summed E-state index contributed by atoms with van der Waals surface area (Å²) in [5.74, 6) is -0.286. The summed E-state index contributed by atoms with van der Waals surface area (Å²) >= 11 is 0. The number of hydrogen-bond acceptors (Lipinski definition) is 2. The third-order valence-electron chi connectivity index (χ3n) is 2.99. The van der Waals surface area contributed by atoms with Crippen molar-refractivity contribution in [1.29, 1.82) is 0 Å². The lowest BCUT2D eigenvalue weighted by molar-refractivity contribution is 0.0903. The fourth-order valence-corrected chi connectivity index (χ4v) is 2.02. The maximum absolute atomic E-state index is 13.4. The lowest BCUT2D eigenvalue weighted by Gasteiger charge is -2.12. The van der Waals surface area contributed by atoms with Gasteiger partial charge in [0, 0.05) is 12.5 Å². The molecule has 1 aromatic rings. The first-order chi connectivity index (χ1) is 7.20. The minimum atomic E-state index is -0.415. The van der Waals surface area contributed by atoms with Crippen molar-refractivity contribution in [3.63, 3.8) is 0 Å². The van der Waals surface area contributed by atoms with Gasteiger partial charge in [0.2, 0.25) is 0 Å². The molecule has 1 aromatic carbocycles. The Kier molecular flexibility index (Phi) is 2.82. The van der Waals surface area contributed by atoms with Crippen molar-refractivity contribution in [2.45, 2.75) is 6.92 Å². The lowest BCUT2D eigenvalue weighted by Crippen LogP contribution is -2.22. The van der Waals surface area contributed by atoms with Crippen LogP contribution in [0.15, 0.2) is 24.3 Å². The van der Waals surface area contributed by atoms with E-state index in [0.717, 1.165) is 6.54 Å². The number of benzene rings is 1. The number of carbonyl (C=O) groups excluding carboxylic acids is 1. The van der Waals surface area contributed by atoms with E-state index in [1.54, 1.807) is 18.2 Å². The molecule has 0 spiro atoms. The van der Waals surface area contributed by atoms with Crippen LogP contribution in [-0.2, 0) is 0 Å². The molecule has 0 saturated carbocycles. The van der Waals surface area contributed by atoms with Crippen LogP contribution >= 0.6 is 0 Å². The van der Waals surface area contributed by atoms with Gasteiger partial charge in [-0.15, -0.1) is 0 Å². The van der Waals surface area contributed by atoms with Gasteiger partial charge in [-0.1, -0.05) is 19.1 Å². The summed E-state index contributed by atoms with van der Waals surface area (Å²) in [6, 6.07) is 6.19. The van der Waals surface area contributed by atoms with E-state index in [0.29, 0.717) is 6.54 Å². The van der Waals surface area contributed by atoms with E-state index in [2.05, 4.69) is 5.32 Å². The third-order valence-corrected chi connectivity index (χ3v) is 2.99. The summed E-state index contributed by atoms with van der Waals surface area (Å²) in [5, 5.41) is 3.15. The Hall–Kier alpha value is -1.22. The minimum absolute atomic E-state index is 0.0781. The zero-order valence-electron chi connectivity index (χ0n) is 8.66. The maximum atomic E-state index is 13.4. The zero-order valence-corrected chi connectivity index (χ0v) is 8.66. The normalized spacial score (nSPS) is 25.5. The van der Waals surface area contributed by atoms with Crippen molar-refractivity contribution in [3.8, 4) is 0 Å². The zero-order chi connectivity index (χ0) is 10.8. The highest BCUT2D eigenvalue weighted by molar-refractivity contribution is 5.98. The van der Waals surface area contributed by atoms with E-state index in [1.165, 1.54) is 6.07 Å². The number of rotatable bonds is 2. The van der Waals surface area contributed by atoms with E-state index in [-0.39, 0.29) is 23.2 Å². The Bertz CT molecular complexity index is 378. The van der Waals surface area contributed by atoms with Gasteiger partial charge in [-0.05, 0) is 24.6 Å². The second kappa shape index (κ2) is 4.11. The van der Waals surface area contributed by atoms with Crippen molar-refractivity contribution < 1.29 is 9.18 Å². The van der Waals surface area contributed by atoms with Gasteiger partial charge >= 0.3 is 0 Å². The molecular weight excluding hydrogens is 193 g/mol. The Morgan fingerprint density at radius 3 is 2.73 bits per heavy atom. The van der Waals surface area contributed by atoms with Crippen molar-refractivity contribution >= 4 is 5.78 Å².